The third-order valence-electron chi connectivity index (χ3n) is 2.54. The number of pyridine rings is 1. The maximum absolute atomic E-state index is 12.7. The maximum atomic E-state index is 12.7. The van der Waals surface area contributed by atoms with Gasteiger partial charge in [-0.25, -0.2) is 9.78 Å². The highest BCUT2D eigenvalue weighted by Crippen LogP contribution is 2.32. The van der Waals surface area contributed by atoms with E-state index in [1.54, 1.807) is 30.3 Å². The van der Waals surface area contributed by atoms with Crippen LogP contribution in [0, 0.1) is 0 Å². The first-order valence-electron chi connectivity index (χ1n) is 5.80. The van der Waals surface area contributed by atoms with Crippen LogP contribution in [0.4, 0.5) is 13.2 Å². The van der Waals surface area contributed by atoms with Crippen molar-refractivity contribution >= 4 is 5.97 Å². The van der Waals surface area contributed by atoms with Gasteiger partial charge in [-0.3, -0.25) is 0 Å². The Bertz CT molecular complexity index is 642. The van der Waals surface area contributed by atoms with E-state index in [1.165, 1.54) is 0 Å². The number of rotatable bonds is 3. The second-order valence-electron chi connectivity index (χ2n) is 3.98. The third-order valence-corrected chi connectivity index (χ3v) is 2.54. The first kappa shape index (κ1) is 14.8. The zero-order chi connectivity index (χ0) is 15.5. The van der Waals surface area contributed by atoms with Gasteiger partial charge in [0.2, 0.25) is 5.88 Å². The van der Waals surface area contributed by atoms with Crippen molar-refractivity contribution in [1.29, 1.82) is 0 Å². The Morgan fingerprint density at radius 1 is 1.19 bits per heavy atom. The number of para-hydroxylation sites is 1. The van der Waals surface area contributed by atoms with E-state index in [2.05, 4.69) is 9.72 Å². The van der Waals surface area contributed by atoms with Gasteiger partial charge in [-0.1, -0.05) is 18.2 Å². The van der Waals surface area contributed by atoms with Crippen molar-refractivity contribution in [2.24, 2.45) is 0 Å². The molecule has 7 heteroatoms. The number of alkyl halides is 3. The summed E-state index contributed by atoms with van der Waals surface area (Å²) in [6, 6.07) is 8.92. The molecule has 110 valence electrons. The molecule has 4 nitrogen and oxygen atoms in total. The van der Waals surface area contributed by atoms with Crippen LogP contribution in [0.2, 0.25) is 0 Å². The molecule has 1 heterocycles. The number of hydrogen-bond acceptors (Lipinski definition) is 4. The summed E-state index contributed by atoms with van der Waals surface area (Å²) in [6.45, 7) is 0. The minimum Gasteiger partial charge on any atom is -0.465 e. The number of carbonyl (C=O) groups excluding carboxylic acids is 1. The topological polar surface area (TPSA) is 48.4 Å². The van der Waals surface area contributed by atoms with E-state index in [1.807, 2.05) is 0 Å². The van der Waals surface area contributed by atoms with E-state index in [-0.39, 0.29) is 5.88 Å². The number of hydrogen-bond donors (Lipinski definition) is 0. The van der Waals surface area contributed by atoms with Crippen molar-refractivity contribution < 1.29 is 27.4 Å². The summed E-state index contributed by atoms with van der Waals surface area (Å²) in [6.07, 6.45) is -4.01. The molecule has 0 saturated carbocycles. The second-order valence-corrected chi connectivity index (χ2v) is 3.98. The molecule has 0 spiro atoms. The number of ether oxygens (including phenoxy) is 2. The summed E-state index contributed by atoms with van der Waals surface area (Å²) in [4.78, 5) is 15.2. The van der Waals surface area contributed by atoms with E-state index in [9.17, 15) is 18.0 Å². The van der Waals surface area contributed by atoms with Crippen LogP contribution in [0.5, 0.6) is 11.6 Å². The maximum Gasteiger partial charge on any atom is 0.417 e. The fraction of sp³-hybridized carbons (Fsp3) is 0.143. The van der Waals surface area contributed by atoms with Gasteiger partial charge in [0.25, 0.3) is 0 Å². The zero-order valence-electron chi connectivity index (χ0n) is 10.8. The van der Waals surface area contributed by atoms with Crippen LogP contribution in [0.3, 0.4) is 0 Å². The molecule has 2 rings (SSSR count). The monoisotopic (exact) mass is 297 g/mol. The fourth-order valence-corrected chi connectivity index (χ4v) is 1.54. The highest BCUT2D eigenvalue weighted by Gasteiger charge is 2.33. The molecule has 0 fully saturated rings. The second kappa shape index (κ2) is 5.82. The number of benzene rings is 1. The van der Waals surface area contributed by atoms with Crippen LogP contribution in [0.1, 0.15) is 15.9 Å². The normalized spacial score (nSPS) is 11.0. The average Bonchev–Trinajstić information content (AvgIpc) is 2.47. The van der Waals surface area contributed by atoms with Crippen molar-refractivity contribution in [2.45, 2.75) is 6.18 Å². The molecule has 21 heavy (non-hydrogen) atoms. The molecule has 0 aliphatic rings. The van der Waals surface area contributed by atoms with Crippen LogP contribution in [-0.4, -0.2) is 18.1 Å². The van der Waals surface area contributed by atoms with Gasteiger partial charge < -0.3 is 9.47 Å². The van der Waals surface area contributed by atoms with E-state index in [0.717, 1.165) is 7.11 Å². The molecule has 0 saturated heterocycles. The van der Waals surface area contributed by atoms with Gasteiger partial charge in [0.05, 0.1) is 12.7 Å². The molecule has 0 amide bonds. The summed E-state index contributed by atoms with van der Waals surface area (Å²) in [5.41, 5.74) is -1.44. The highest BCUT2D eigenvalue weighted by molar-refractivity contribution is 5.92. The van der Waals surface area contributed by atoms with Gasteiger partial charge in [-0.05, 0) is 18.2 Å². The third kappa shape index (κ3) is 3.50. The van der Waals surface area contributed by atoms with E-state index >= 15 is 0 Å². The summed E-state index contributed by atoms with van der Waals surface area (Å²) < 4.78 is 47.8. The number of aromatic nitrogens is 1. The van der Waals surface area contributed by atoms with Crippen molar-refractivity contribution in [2.75, 3.05) is 7.11 Å². The lowest BCUT2D eigenvalue weighted by Crippen LogP contribution is -2.11. The Morgan fingerprint density at radius 2 is 1.86 bits per heavy atom. The Morgan fingerprint density at radius 3 is 2.43 bits per heavy atom. The fourth-order valence-electron chi connectivity index (χ4n) is 1.54. The van der Waals surface area contributed by atoms with Crippen LogP contribution in [0.15, 0.2) is 42.6 Å². The van der Waals surface area contributed by atoms with E-state index in [0.29, 0.717) is 18.0 Å². The van der Waals surface area contributed by atoms with Crippen LogP contribution >= 0.6 is 0 Å². The van der Waals surface area contributed by atoms with Crippen molar-refractivity contribution in [3.8, 4) is 11.6 Å². The van der Waals surface area contributed by atoms with Crippen LogP contribution in [-0.2, 0) is 10.9 Å². The summed E-state index contributed by atoms with van der Waals surface area (Å²) in [5, 5.41) is 0. The van der Waals surface area contributed by atoms with Crippen LogP contribution < -0.4 is 4.74 Å². The van der Waals surface area contributed by atoms with Gasteiger partial charge in [-0.2, -0.15) is 13.2 Å². The Kier molecular flexibility index (Phi) is 4.11. The first-order chi connectivity index (χ1) is 9.91. The molecular formula is C14H10F3NO3. The number of halogens is 3. The van der Waals surface area contributed by atoms with E-state index < -0.39 is 23.3 Å². The standard InChI is InChI=1S/C14H10F3NO3/c1-20-13(19)11-7-9(14(15,16)17)8-18-12(11)21-10-5-3-2-4-6-10/h2-8H,1H3. The first-order valence-corrected chi connectivity index (χ1v) is 5.80. The largest absolute Gasteiger partial charge is 0.465 e. The molecule has 0 radical (unpaired) electrons. The van der Waals surface area contributed by atoms with Crippen molar-refractivity contribution in [3.63, 3.8) is 0 Å². The quantitative estimate of drug-likeness (QED) is 0.811. The number of nitrogens with zero attached hydrogens (tertiary/aromatic N) is 1. The molecule has 2 aromatic rings. The molecule has 0 bridgehead atoms. The number of methoxy groups -OCH3 is 1. The lowest BCUT2D eigenvalue weighted by molar-refractivity contribution is -0.137. The molecule has 0 aliphatic heterocycles. The predicted octanol–water partition coefficient (Wildman–Crippen LogP) is 3.68. The molecule has 0 unspecified atom stereocenters. The van der Waals surface area contributed by atoms with Crippen molar-refractivity contribution in [3.05, 3.63) is 53.7 Å². The molecule has 1 aromatic heterocycles. The predicted molar refractivity (Wildman–Crippen MR) is 67.1 cm³/mol. The van der Waals surface area contributed by atoms with Gasteiger partial charge >= 0.3 is 12.1 Å². The average molecular weight is 297 g/mol. The number of esters is 1. The lowest BCUT2D eigenvalue weighted by Gasteiger charge is -2.12. The molecule has 0 aliphatic carbocycles. The lowest BCUT2D eigenvalue weighted by atomic mass is 10.2. The summed E-state index contributed by atoms with van der Waals surface area (Å²) >= 11 is 0. The zero-order valence-corrected chi connectivity index (χ0v) is 10.8. The van der Waals surface area contributed by atoms with E-state index in [4.69, 9.17) is 4.74 Å². The van der Waals surface area contributed by atoms with Gasteiger partial charge in [0.15, 0.2) is 0 Å². The Hall–Kier alpha value is -2.57. The molecular weight excluding hydrogens is 287 g/mol. The van der Waals surface area contributed by atoms with Gasteiger partial charge in [-0.15, -0.1) is 0 Å². The van der Waals surface area contributed by atoms with Gasteiger partial charge in [0, 0.05) is 6.20 Å². The Balaban J connectivity index is 2.43. The minimum atomic E-state index is -4.61. The summed E-state index contributed by atoms with van der Waals surface area (Å²) in [7, 11) is 1.06. The van der Waals surface area contributed by atoms with Gasteiger partial charge in [0.1, 0.15) is 11.3 Å². The highest BCUT2D eigenvalue weighted by atomic mass is 19.4. The molecule has 0 N–H and O–H groups in total. The Labute approximate surface area is 118 Å². The molecule has 1 aromatic carbocycles. The SMILES string of the molecule is COC(=O)c1cc(C(F)(F)F)cnc1Oc1ccccc1. The van der Waals surface area contributed by atoms with Crippen LogP contribution in [0.25, 0.3) is 0 Å². The van der Waals surface area contributed by atoms with Crippen molar-refractivity contribution in [1.82, 2.24) is 4.98 Å². The molecule has 0 atom stereocenters. The summed E-state index contributed by atoms with van der Waals surface area (Å²) in [5.74, 6) is -0.865. The minimum absolute atomic E-state index is 0.249. The number of carbonyl (C=O) groups is 1. The smallest absolute Gasteiger partial charge is 0.417 e.